The number of anilines is 1. The molecule has 9 heteroatoms. The summed E-state index contributed by atoms with van der Waals surface area (Å²) in [5.41, 5.74) is 3.98. The highest BCUT2D eigenvalue weighted by molar-refractivity contribution is 6.08. The Bertz CT molecular complexity index is 1680. The second-order valence-electron chi connectivity index (χ2n) is 11.1. The number of pyridine rings is 1. The molecule has 0 radical (unpaired) electrons. The fourth-order valence-corrected chi connectivity index (χ4v) is 6.05. The Morgan fingerprint density at radius 3 is 2.79 bits per heavy atom. The fraction of sp³-hybridized carbons (Fsp3) is 0.333. The number of carbonyl (C=O) groups excluding carboxylic acids is 1. The molecule has 0 unspecified atom stereocenters. The first-order valence-electron chi connectivity index (χ1n) is 13.1. The van der Waals surface area contributed by atoms with Crippen LogP contribution in [0.15, 0.2) is 48.7 Å². The monoisotopic (exact) mass is 523 g/mol. The van der Waals surface area contributed by atoms with E-state index in [4.69, 9.17) is 4.98 Å². The number of aromatic amines is 1. The number of hydrogen-bond donors (Lipinski definition) is 1. The molecule has 0 bridgehead atoms. The smallest absolute Gasteiger partial charge is 0.246 e. The zero-order valence-electron chi connectivity index (χ0n) is 22.3. The van der Waals surface area contributed by atoms with E-state index in [1.165, 1.54) is 6.07 Å². The summed E-state index contributed by atoms with van der Waals surface area (Å²) < 4.78 is 15.2. The molecule has 198 valence electrons. The maximum Gasteiger partial charge on any atom is 0.246 e. The van der Waals surface area contributed by atoms with Crippen molar-refractivity contribution in [1.29, 1.82) is 5.26 Å². The summed E-state index contributed by atoms with van der Waals surface area (Å²) in [6.45, 7) is 5.39. The van der Waals surface area contributed by atoms with E-state index in [0.29, 0.717) is 55.1 Å². The molecule has 2 aromatic heterocycles. The number of fused-ring (bicyclic) bond motifs is 2. The number of aromatic nitrogens is 3. The highest BCUT2D eigenvalue weighted by Gasteiger charge is 2.49. The standard InChI is InChI=1S/C30H30FN7O/c1-19-9-10-24-22(15-33-35-24)26(19)27-20-6-4-7-23(31)28(20)34-29(21(27)14-32)37-13-11-30(16-37)17-38(18-30)25(39)8-5-12-36(2)3/h4-10,15H,11-13,16-18H2,1-3H3,(H,33,35). The van der Waals surface area contributed by atoms with E-state index in [9.17, 15) is 10.1 Å². The van der Waals surface area contributed by atoms with Crippen LogP contribution in [-0.4, -0.2) is 77.7 Å². The van der Waals surface area contributed by atoms with Crippen LogP contribution >= 0.6 is 0 Å². The topological polar surface area (TPSA) is 92.2 Å². The van der Waals surface area contributed by atoms with Crippen LogP contribution in [0.4, 0.5) is 10.2 Å². The minimum atomic E-state index is -0.421. The number of amides is 1. The normalized spacial score (nSPS) is 16.6. The van der Waals surface area contributed by atoms with Gasteiger partial charge in [-0.3, -0.25) is 9.89 Å². The molecule has 2 aliphatic heterocycles. The number of hydrogen-bond acceptors (Lipinski definition) is 6. The molecule has 2 aromatic carbocycles. The first kappa shape index (κ1) is 25.0. The van der Waals surface area contributed by atoms with Gasteiger partial charge in [-0.1, -0.05) is 24.3 Å². The van der Waals surface area contributed by atoms with Crippen LogP contribution in [0.2, 0.25) is 0 Å². The first-order valence-corrected chi connectivity index (χ1v) is 13.1. The molecule has 1 amide bonds. The number of halogens is 1. The zero-order chi connectivity index (χ0) is 27.3. The van der Waals surface area contributed by atoms with E-state index in [1.807, 2.05) is 55.1 Å². The molecule has 0 aliphatic carbocycles. The highest BCUT2D eigenvalue weighted by atomic mass is 19.1. The molecule has 0 saturated carbocycles. The van der Waals surface area contributed by atoms with Gasteiger partial charge in [-0.15, -0.1) is 0 Å². The van der Waals surface area contributed by atoms with Crippen LogP contribution in [0.25, 0.3) is 32.9 Å². The Balaban J connectivity index is 1.39. The zero-order valence-corrected chi connectivity index (χ0v) is 22.3. The number of nitriles is 1. The van der Waals surface area contributed by atoms with Crippen molar-refractivity contribution in [2.24, 2.45) is 5.41 Å². The van der Waals surface area contributed by atoms with Gasteiger partial charge in [0, 0.05) is 60.6 Å². The Morgan fingerprint density at radius 2 is 2.03 bits per heavy atom. The maximum atomic E-state index is 15.2. The van der Waals surface area contributed by atoms with E-state index in [2.05, 4.69) is 21.2 Å². The number of nitrogens with one attached hydrogen (secondary N) is 1. The number of carbonyl (C=O) groups is 1. The Morgan fingerprint density at radius 1 is 1.21 bits per heavy atom. The molecular formula is C30H30FN7O. The van der Waals surface area contributed by atoms with Crippen LogP contribution < -0.4 is 4.90 Å². The molecule has 6 rings (SSSR count). The van der Waals surface area contributed by atoms with Crippen LogP contribution in [-0.2, 0) is 4.79 Å². The van der Waals surface area contributed by atoms with Crippen LogP contribution in [0.1, 0.15) is 17.5 Å². The molecule has 1 spiro atoms. The molecule has 39 heavy (non-hydrogen) atoms. The number of rotatable bonds is 5. The summed E-state index contributed by atoms with van der Waals surface area (Å²) in [5, 5.41) is 19.2. The molecule has 4 aromatic rings. The number of H-pyrrole nitrogens is 1. The Labute approximate surface area is 226 Å². The van der Waals surface area contributed by atoms with Gasteiger partial charge < -0.3 is 14.7 Å². The second kappa shape index (κ2) is 9.47. The van der Waals surface area contributed by atoms with Gasteiger partial charge in [-0.25, -0.2) is 9.37 Å². The number of benzene rings is 2. The second-order valence-corrected chi connectivity index (χ2v) is 11.1. The van der Waals surface area contributed by atoms with E-state index < -0.39 is 5.82 Å². The molecule has 2 fully saturated rings. The van der Waals surface area contributed by atoms with Gasteiger partial charge in [-0.05, 0) is 50.7 Å². The number of aryl methyl sites for hydroxylation is 1. The van der Waals surface area contributed by atoms with Crippen LogP contribution in [0, 0.1) is 29.5 Å². The lowest BCUT2D eigenvalue weighted by Gasteiger charge is -2.47. The minimum absolute atomic E-state index is 0.0236. The van der Waals surface area contributed by atoms with Crippen molar-refractivity contribution in [2.75, 3.05) is 51.7 Å². The van der Waals surface area contributed by atoms with Gasteiger partial charge in [0.1, 0.15) is 28.8 Å². The number of nitrogens with zero attached hydrogens (tertiary/aromatic N) is 6. The van der Waals surface area contributed by atoms with E-state index in [-0.39, 0.29) is 16.8 Å². The van der Waals surface area contributed by atoms with Crippen LogP contribution in [0.3, 0.4) is 0 Å². The third kappa shape index (κ3) is 4.21. The Hall–Kier alpha value is -4.29. The van der Waals surface area contributed by atoms with Crippen molar-refractivity contribution in [1.82, 2.24) is 25.0 Å². The summed E-state index contributed by atoms with van der Waals surface area (Å²) in [6, 6.07) is 11.3. The average Bonchev–Trinajstić information content (AvgIpc) is 3.55. The van der Waals surface area contributed by atoms with E-state index >= 15 is 4.39 Å². The van der Waals surface area contributed by atoms with Gasteiger partial charge in [0.05, 0.1) is 11.7 Å². The van der Waals surface area contributed by atoms with Crippen molar-refractivity contribution in [3.8, 4) is 17.2 Å². The summed E-state index contributed by atoms with van der Waals surface area (Å²) in [5.74, 6) is 0.100. The molecule has 2 aliphatic rings. The maximum absolute atomic E-state index is 15.2. The lowest BCUT2D eigenvalue weighted by atomic mass is 9.79. The van der Waals surface area contributed by atoms with Crippen molar-refractivity contribution >= 4 is 33.5 Å². The molecule has 2 saturated heterocycles. The van der Waals surface area contributed by atoms with Crippen molar-refractivity contribution in [3.63, 3.8) is 0 Å². The molecular weight excluding hydrogens is 493 g/mol. The summed E-state index contributed by atoms with van der Waals surface area (Å²) in [4.78, 5) is 23.3. The fourth-order valence-electron chi connectivity index (χ4n) is 6.05. The lowest BCUT2D eigenvalue weighted by Crippen LogP contribution is -2.59. The van der Waals surface area contributed by atoms with E-state index in [0.717, 1.165) is 28.5 Å². The van der Waals surface area contributed by atoms with Gasteiger partial charge in [0.15, 0.2) is 0 Å². The van der Waals surface area contributed by atoms with E-state index in [1.54, 1.807) is 18.3 Å². The average molecular weight is 524 g/mol. The summed E-state index contributed by atoms with van der Waals surface area (Å²) in [7, 11) is 3.93. The first-order chi connectivity index (χ1) is 18.8. The van der Waals surface area contributed by atoms with Crippen LogP contribution in [0.5, 0.6) is 0 Å². The lowest BCUT2D eigenvalue weighted by molar-refractivity contribution is -0.136. The quantitative estimate of drug-likeness (QED) is 0.393. The molecule has 8 nitrogen and oxygen atoms in total. The Kier molecular flexibility index (Phi) is 6.07. The van der Waals surface area contributed by atoms with Crippen molar-refractivity contribution < 1.29 is 9.18 Å². The number of para-hydroxylation sites is 1. The number of likely N-dealkylation sites (N-methyl/N-ethyl adjacent to an activating group) is 1. The van der Waals surface area contributed by atoms with Gasteiger partial charge in [0.2, 0.25) is 5.91 Å². The third-order valence-corrected chi connectivity index (χ3v) is 7.97. The van der Waals surface area contributed by atoms with Crippen molar-refractivity contribution in [2.45, 2.75) is 13.3 Å². The van der Waals surface area contributed by atoms with Crippen molar-refractivity contribution in [3.05, 3.63) is 65.6 Å². The predicted octanol–water partition coefficient (Wildman–Crippen LogP) is 4.25. The number of likely N-dealkylation sites (tertiary alicyclic amines) is 1. The summed E-state index contributed by atoms with van der Waals surface area (Å²) >= 11 is 0. The predicted molar refractivity (Wildman–Crippen MR) is 150 cm³/mol. The summed E-state index contributed by atoms with van der Waals surface area (Å²) in [6.07, 6.45) is 6.16. The van der Waals surface area contributed by atoms with Gasteiger partial charge in [0.25, 0.3) is 0 Å². The molecule has 4 heterocycles. The minimum Gasteiger partial charge on any atom is -0.355 e. The third-order valence-electron chi connectivity index (χ3n) is 7.97. The molecule has 0 atom stereocenters. The van der Waals surface area contributed by atoms with Gasteiger partial charge in [-0.2, -0.15) is 10.4 Å². The SMILES string of the molecule is Cc1ccc2[nH]ncc2c1-c1c(C#N)c(N2CCC3(CN(C(=O)C=CCN(C)C)C3)C2)nc2c(F)cccc12. The molecule has 1 N–H and O–H groups in total. The highest BCUT2D eigenvalue weighted by Crippen LogP contribution is 2.45. The largest absolute Gasteiger partial charge is 0.355 e. The van der Waals surface area contributed by atoms with Gasteiger partial charge >= 0.3 is 0 Å².